The second-order valence-electron chi connectivity index (χ2n) is 3.67. The van der Waals surface area contributed by atoms with Crippen LogP contribution in [0.1, 0.15) is 19.3 Å². The number of nitrogens with one attached hydrogen (secondary N) is 1. The summed E-state index contributed by atoms with van der Waals surface area (Å²) in [5.41, 5.74) is -0.593. The Morgan fingerprint density at radius 1 is 1.43 bits per heavy atom. The normalized spacial score (nSPS) is 29.9. The molecule has 0 aromatic heterocycles. The van der Waals surface area contributed by atoms with Gasteiger partial charge in [0.05, 0.1) is 11.4 Å². The van der Waals surface area contributed by atoms with Gasteiger partial charge in [0.15, 0.2) is 0 Å². The van der Waals surface area contributed by atoms with Crippen molar-refractivity contribution in [1.82, 2.24) is 5.32 Å². The Bertz CT molecular complexity index is 270. The van der Waals surface area contributed by atoms with Crippen molar-refractivity contribution in [2.24, 2.45) is 0 Å². The van der Waals surface area contributed by atoms with Crippen LogP contribution in [0.3, 0.4) is 0 Å². The maximum Gasteiger partial charge on any atom is 0.235 e. The first-order chi connectivity index (χ1) is 6.47. The molecule has 0 amide bonds. The van der Waals surface area contributed by atoms with Gasteiger partial charge in [-0.2, -0.15) is 0 Å². The van der Waals surface area contributed by atoms with Gasteiger partial charge in [0.1, 0.15) is 0 Å². The minimum absolute atomic E-state index is 0.0975. The Balaban J connectivity index is 2.72. The predicted octanol–water partition coefficient (Wildman–Crippen LogP) is 0.714. The minimum atomic E-state index is -3.49. The molecule has 1 aliphatic rings. The third-order valence-electron chi connectivity index (χ3n) is 2.61. The third kappa shape index (κ3) is 3.73. The highest BCUT2D eigenvalue weighted by Crippen LogP contribution is 2.26. The van der Waals surface area contributed by atoms with Crippen molar-refractivity contribution >= 4 is 19.7 Å². The van der Waals surface area contributed by atoms with Crippen LogP contribution in [0.25, 0.3) is 0 Å². The summed E-state index contributed by atoms with van der Waals surface area (Å²) < 4.78 is 27.4. The van der Waals surface area contributed by atoms with Crippen molar-refractivity contribution < 1.29 is 13.2 Å². The van der Waals surface area contributed by atoms with Gasteiger partial charge in [-0.15, -0.1) is 0 Å². The molecule has 0 radical (unpaired) electrons. The summed E-state index contributed by atoms with van der Waals surface area (Å²) in [7, 11) is 3.32. The van der Waals surface area contributed by atoms with Crippen molar-refractivity contribution in [3.8, 4) is 0 Å². The zero-order valence-electron chi connectivity index (χ0n) is 8.25. The van der Waals surface area contributed by atoms with E-state index in [0.29, 0.717) is 6.42 Å². The molecule has 0 aliphatic carbocycles. The number of rotatable bonds is 3. The van der Waals surface area contributed by atoms with Crippen LogP contribution in [-0.4, -0.2) is 40.0 Å². The van der Waals surface area contributed by atoms with Crippen LogP contribution < -0.4 is 5.32 Å². The molecule has 1 heterocycles. The second kappa shape index (κ2) is 4.79. The van der Waals surface area contributed by atoms with E-state index in [0.717, 1.165) is 25.9 Å². The number of methoxy groups -OCH3 is 1. The summed E-state index contributed by atoms with van der Waals surface area (Å²) in [6, 6.07) is 0. The third-order valence-corrected chi connectivity index (χ3v) is 3.81. The van der Waals surface area contributed by atoms with Gasteiger partial charge in [-0.3, -0.25) is 0 Å². The molecule has 1 unspecified atom stereocenters. The molecule has 1 rings (SSSR count). The van der Waals surface area contributed by atoms with Gasteiger partial charge in [0.2, 0.25) is 9.05 Å². The molecule has 1 aliphatic heterocycles. The van der Waals surface area contributed by atoms with E-state index >= 15 is 0 Å². The second-order valence-corrected chi connectivity index (χ2v) is 6.45. The lowest BCUT2D eigenvalue weighted by Gasteiger charge is -2.29. The van der Waals surface area contributed by atoms with Gasteiger partial charge in [0, 0.05) is 17.8 Å². The molecule has 84 valence electrons. The van der Waals surface area contributed by atoms with Crippen LogP contribution in [0.5, 0.6) is 0 Å². The Morgan fingerprint density at radius 2 is 2.14 bits per heavy atom. The summed E-state index contributed by atoms with van der Waals surface area (Å²) >= 11 is 0. The molecule has 0 bridgehead atoms. The molecule has 0 aromatic carbocycles. The van der Waals surface area contributed by atoms with Crippen molar-refractivity contribution in [2.45, 2.75) is 24.9 Å². The molecule has 1 N–H and O–H groups in total. The minimum Gasteiger partial charge on any atom is -0.377 e. The Labute approximate surface area is 89.4 Å². The molecule has 0 saturated carbocycles. The Morgan fingerprint density at radius 3 is 2.71 bits per heavy atom. The summed E-state index contributed by atoms with van der Waals surface area (Å²) in [6.07, 6.45) is 2.35. The standard InChI is InChI=1S/C8H16ClNO3S/c1-13-8(7-14(9,11)12)3-2-5-10-6-4-8/h10H,2-7H2,1H3. The van der Waals surface area contributed by atoms with Crippen LogP contribution in [-0.2, 0) is 13.8 Å². The highest BCUT2D eigenvalue weighted by atomic mass is 35.7. The summed E-state index contributed by atoms with van der Waals surface area (Å²) in [4.78, 5) is 0. The zero-order chi connectivity index (χ0) is 10.7. The lowest BCUT2D eigenvalue weighted by Crippen LogP contribution is -2.38. The molecule has 14 heavy (non-hydrogen) atoms. The number of ether oxygens (including phenoxy) is 1. The van der Waals surface area contributed by atoms with Crippen LogP contribution in [0.15, 0.2) is 0 Å². The van der Waals surface area contributed by atoms with E-state index in [1.54, 1.807) is 7.11 Å². The first kappa shape index (κ1) is 12.2. The van der Waals surface area contributed by atoms with Gasteiger partial charge >= 0.3 is 0 Å². The highest BCUT2D eigenvalue weighted by molar-refractivity contribution is 8.13. The quantitative estimate of drug-likeness (QED) is 0.740. The average Bonchev–Trinajstić information content (AvgIpc) is 2.28. The molecule has 1 saturated heterocycles. The lowest BCUT2D eigenvalue weighted by atomic mass is 9.97. The SMILES string of the molecule is COC1(CS(=O)(=O)Cl)CCCNCC1. The van der Waals surface area contributed by atoms with E-state index < -0.39 is 14.7 Å². The summed E-state index contributed by atoms with van der Waals surface area (Å²) in [6.45, 7) is 1.69. The van der Waals surface area contributed by atoms with Crippen LogP contribution in [0, 0.1) is 0 Å². The number of hydrogen-bond acceptors (Lipinski definition) is 4. The van der Waals surface area contributed by atoms with Gasteiger partial charge in [-0.1, -0.05) is 0 Å². The maximum absolute atomic E-state index is 11.0. The molecular formula is C8H16ClNO3S. The largest absolute Gasteiger partial charge is 0.377 e. The molecular weight excluding hydrogens is 226 g/mol. The number of hydrogen-bond donors (Lipinski definition) is 1. The predicted molar refractivity (Wildman–Crippen MR) is 56.1 cm³/mol. The monoisotopic (exact) mass is 241 g/mol. The van der Waals surface area contributed by atoms with Gasteiger partial charge in [0.25, 0.3) is 0 Å². The van der Waals surface area contributed by atoms with Gasteiger partial charge in [-0.05, 0) is 32.4 Å². The fourth-order valence-electron chi connectivity index (χ4n) is 1.82. The molecule has 1 atom stereocenters. The van der Waals surface area contributed by atoms with Crippen molar-refractivity contribution in [1.29, 1.82) is 0 Å². The Kier molecular flexibility index (Phi) is 4.18. The van der Waals surface area contributed by atoms with E-state index in [4.69, 9.17) is 15.4 Å². The fraction of sp³-hybridized carbons (Fsp3) is 1.00. The van der Waals surface area contributed by atoms with Crippen LogP contribution in [0.4, 0.5) is 0 Å². The Hall–Kier alpha value is 0.160. The first-order valence-electron chi connectivity index (χ1n) is 4.66. The number of halogens is 1. The smallest absolute Gasteiger partial charge is 0.235 e. The van der Waals surface area contributed by atoms with Crippen molar-refractivity contribution in [3.05, 3.63) is 0 Å². The van der Waals surface area contributed by atoms with E-state index in [1.165, 1.54) is 0 Å². The molecule has 4 nitrogen and oxygen atoms in total. The maximum atomic E-state index is 11.0. The topological polar surface area (TPSA) is 55.4 Å². The van der Waals surface area contributed by atoms with Crippen LogP contribution >= 0.6 is 10.7 Å². The van der Waals surface area contributed by atoms with E-state index in [-0.39, 0.29) is 5.75 Å². The molecule has 0 aromatic rings. The van der Waals surface area contributed by atoms with Crippen molar-refractivity contribution in [3.63, 3.8) is 0 Å². The fourth-order valence-corrected chi connectivity index (χ4v) is 3.45. The van der Waals surface area contributed by atoms with E-state index in [1.807, 2.05) is 0 Å². The molecule has 0 spiro atoms. The van der Waals surface area contributed by atoms with Gasteiger partial charge < -0.3 is 10.1 Å². The molecule has 1 fully saturated rings. The van der Waals surface area contributed by atoms with Crippen LogP contribution in [0.2, 0.25) is 0 Å². The van der Waals surface area contributed by atoms with Gasteiger partial charge in [-0.25, -0.2) is 8.42 Å². The van der Waals surface area contributed by atoms with E-state index in [2.05, 4.69) is 5.32 Å². The average molecular weight is 242 g/mol. The summed E-state index contributed by atoms with van der Waals surface area (Å²) in [5.74, 6) is -0.0975. The zero-order valence-corrected chi connectivity index (χ0v) is 9.83. The summed E-state index contributed by atoms with van der Waals surface area (Å²) in [5, 5.41) is 3.20. The lowest BCUT2D eigenvalue weighted by molar-refractivity contribution is -0.000344. The molecule has 6 heteroatoms. The first-order valence-corrected chi connectivity index (χ1v) is 7.13. The van der Waals surface area contributed by atoms with Crippen molar-refractivity contribution in [2.75, 3.05) is 26.0 Å². The highest BCUT2D eigenvalue weighted by Gasteiger charge is 2.35. The van der Waals surface area contributed by atoms with E-state index in [9.17, 15) is 8.42 Å².